The van der Waals surface area contributed by atoms with Gasteiger partial charge in [-0.2, -0.15) is 0 Å². The summed E-state index contributed by atoms with van der Waals surface area (Å²) in [6.07, 6.45) is 0. The average Bonchev–Trinajstić information content (AvgIpc) is 2.59. The Bertz CT molecular complexity index is 790. The van der Waals surface area contributed by atoms with E-state index in [0.29, 0.717) is 17.3 Å². The van der Waals surface area contributed by atoms with Gasteiger partial charge in [0.2, 0.25) is 15.9 Å². The molecule has 0 radical (unpaired) electrons. The molecule has 2 aromatic rings. The van der Waals surface area contributed by atoms with Crippen molar-refractivity contribution in [3.63, 3.8) is 0 Å². The van der Waals surface area contributed by atoms with Crippen molar-refractivity contribution in [1.29, 1.82) is 0 Å². The second-order valence-corrected chi connectivity index (χ2v) is 7.11. The highest BCUT2D eigenvalue weighted by Gasteiger charge is 2.15. The number of hydrogen-bond acceptors (Lipinski definition) is 4. The maximum atomic E-state index is 12.1. The van der Waals surface area contributed by atoms with E-state index in [1.165, 1.54) is 31.4 Å². The largest absolute Gasteiger partial charge is 0.497 e. The summed E-state index contributed by atoms with van der Waals surface area (Å²) in [5, 5.41) is 3.24. The third kappa shape index (κ3) is 5.23. The fourth-order valence-corrected chi connectivity index (χ4v) is 2.97. The van der Waals surface area contributed by atoms with Crippen molar-refractivity contribution in [2.45, 2.75) is 11.4 Å². The Morgan fingerprint density at radius 1 is 1.08 bits per heavy atom. The molecule has 0 aliphatic rings. The van der Waals surface area contributed by atoms with Gasteiger partial charge in [-0.1, -0.05) is 23.7 Å². The first-order chi connectivity index (χ1) is 11.4. The monoisotopic (exact) mass is 368 g/mol. The van der Waals surface area contributed by atoms with Gasteiger partial charge in [-0.15, -0.1) is 0 Å². The lowest BCUT2D eigenvalue weighted by Crippen LogP contribution is -2.36. The Hall–Kier alpha value is -2.09. The van der Waals surface area contributed by atoms with Crippen LogP contribution in [0.15, 0.2) is 53.4 Å². The first-order valence-corrected chi connectivity index (χ1v) is 8.92. The standard InChI is InChI=1S/C16H17ClN2O4S/c1-23-14-6-8-15(9-7-14)24(21,22)19-11-16(20)18-10-12-2-4-13(17)5-3-12/h2-9,19H,10-11H2,1H3,(H,18,20). The van der Waals surface area contributed by atoms with Crippen LogP contribution in [0.1, 0.15) is 5.56 Å². The number of carbonyl (C=O) groups is 1. The second-order valence-electron chi connectivity index (χ2n) is 4.90. The summed E-state index contributed by atoms with van der Waals surface area (Å²) >= 11 is 5.78. The topological polar surface area (TPSA) is 84.5 Å². The third-order valence-corrected chi connectivity index (χ3v) is 4.86. The molecule has 24 heavy (non-hydrogen) atoms. The van der Waals surface area contributed by atoms with Crippen molar-refractivity contribution >= 4 is 27.5 Å². The molecule has 2 aromatic carbocycles. The molecule has 0 aliphatic carbocycles. The van der Waals surface area contributed by atoms with Crippen molar-refractivity contribution in [3.05, 3.63) is 59.1 Å². The molecule has 0 heterocycles. The van der Waals surface area contributed by atoms with Gasteiger partial charge in [0.1, 0.15) is 5.75 Å². The van der Waals surface area contributed by atoms with Gasteiger partial charge >= 0.3 is 0 Å². The van der Waals surface area contributed by atoms with E-state index in [0.717, 1.165) is 5.56 Å². The number of benzene rings is 2. The quantitative estimate of drug-likeness (QED) is 0.782. The maximum Gasteiger partial charge on any atom is 0.241 e. The molecule has 0 saturated heterocycles. The van der Waals surface area contributed by atoms with Crippen LogP contribution in [0.3, 0.4) is 0 Å². The van der Waals surface area contributed by atoms with E-state index < -0.39 is 15.9 Å². The van der Waals surface area contributed by atoms with Crippen LogP contribution in [0.5, 0.6) is 5.75 Å². The van der Waals surface area contributed by atoms with Gasteiger partial charge in [0, 0.05) is 11.6 Å². The van der Waals surface area contributed by atoms with Crippen LogP contribution < -0.4 is 14.8 Å². The lowest BCUT2D eigenvalue weighted by atomic mass is 10.2. The number of rotatable bonds is 7. The average molecular weight is 369 g/mol. The minimum atomic E-state index is -3.75. The van der Waals surface area contributed by atoms with Crippen LogP contribution in [-0.2, 0) is 21.4 Å². The number of carbonyl (C=O) groups excluding carboxylic acids is 1. The Balaban J connectivity index is 1.86. The summed E-state index contributed by atoms with van der Waals surface area (Å²) in [6, 6.07) is 12.9. The molecule has 128 valence electrons. The maximum absolute atomic E-state index is 12.1. The summed E-state index contributed by atoms with van der Waals surface area (Å²) < 4.78 is 31.4. The van der Waals surface area contributed by atoms with E-state index in [2.05, 4.69) is 10.0 Å². The highest BCUT2D eigenvalue weighted by molar-refractivity contribution is 7.89. The molecule has 0 aliphatic heterocycles. The van der Waals surface area contributed by atoms with Crippen molar-refractivity contribution in [1.82, 2.24) is 10.0 Å². The summed E-state index contributed by atoms with van der Waals surface area (Å²) in [5.41, 5.74) is 0.866. The van der Waals surface area contributed by atoms with Gasteiger partial charge in [-0.3, -0.25) is 4.79 Å². The summed E-state index contributed by atoms with van der Waals surface area (Å²) in [6.45, 7) is -0.0534. The van der Waals surface area contributed by atoms with Crippen molar-refractivity contribution < 1.29 is 17.9 Å². The van der Waals surface area contributed by atoms with Crippen LogP contribution in [0.4, 0.5) is 0 Å². The zero-order valence-electron chi connectivity index (χ0n) is 13.0. The van der Waals surface area contributed by atoms with Gasteiger partial charge in [0.05, 0.1) is 18.6 Å². The highest BCUT2D eigenvalue weighted by atomic mass is 35.5. The van der Waals surface area contributed by atoms with Crippen molar-refractivity contribution in [2.75, 3.05) is 13.7 Å². The zero-order chi connectivity index (χ0) is 17.6. The molecule has 0 unspecified atom stereocenters. The molecular weight excluding hydrogens is 352 g/mol. The predicted octanol–water partition coefficient (Wildman–Crippen LogP) is 1.94. The van der Waals surface area contributed by atoms with Crippen LogP contribution in [-0.4, -0.2) is 28.0 Å². The normalized spacial score (nSPS) is 11.1. The molecule has 0 spiro atoms. The Kier molecular flexibility index (Phi) is 6.19. The molecule has 0 aromatic heterocycles. The second kappa shape index (κ2) is 8.14. The van der Waals surface area contributed by atoms with Gasteiger partial charge in [-0.05, 0) is 42.0 Å². The number of hydrogen-bond donors (Lipinski definition) is 2. The molecule has 8 heteroatoms. The van der Waals surface area contributed by atoms with Crippen LogP contribution >= 0.6 is 11.6 Å². The van der Waals surface area contributed by atoms with E-state index >= 15 is 0 Å². The number of sulfonamides is 1. The van der Waals surface area contributed by atoms with Crippen LogP contribution in [0.2, 0.25) is 5.02 Å². The Morgan fingerprint density at radius 3 is 2.29 bits per heavy atom. The number of ether oxygens (including phenoxy) is 1. The van der Waals surface area contributed by atoms with Gasteiger partial charge in [0.25, 0.3) is 0 Å². The van der Waals surface area contributed by atoms with Crippen LogP contribution in [0, 0.1) is 0 Å². The molecule has 2 rings (SSSR count). The molecule has 0 bridgehead atoms. The zero-order valence-corrected chi connectivity index (χ0v) is 14.5. The lowest BCUT2D eigenvalue weighted by molar-refractivity contribution is -0.120. The Labute approximate surface area is 145 Å². The summed E-state index contributed by atoms with van der Waals surface area (Å²) in [5.74, 6) is 0.122. The number of nitrogens with one attached hydrogen (secondary N) is 2. The molecule has 0 atom stereocenters. The summed E-state index contributed by atoms with van der Waals surface area (Å²) in [7, 11) is -2.26. The number of amides is 1. The smallest absolute Gasteiger partial charge is 0.241 e. The van der Waals surface area contributed by atoms with E-state index in [1.54, 1.807) is 24.3 Å². The SMILES string of the molecule is COc1ccc(S(=O)(=O)NCC(=O)NCc2ccc(Cl)cc2)cc1. The van der Waals surface area contributed by atoms with E-state index in [9.17, 15) is 13.2 Å². The minimum Gasteiger partial charge on any atom is -0.497 e. The van der Waals surface area contributed by atoms with Gasteiger partial charge in [-0.25, -0.2) is 13.1 Å². The minimum absolute atomic E-state index is 0.0637. The Morgan fingerprint density at radius 2 is 1.71 bits per heavy atom. The predicted molar refractivity (Wildman–Crippen MR) is 91.5 cm³/mol. The van der Waals surface area contributed by atoms with Gasteiger partial charge in [0.15, 0.2) is 0 Å². The molecule has 2 N–H and O–H groups in total. The van der Waals surface area contributed by atoms with E-state index in [1.807, 2.05) is 0 Å². The van der Waals surface area contributed by atoms with Crippen LogP contribution in [0.25, 0.3) is 0 Å². The van der Waals surface area contributed by atoms with Gasteiger partial charge < -0.3 is 10.1 Å². The van der Waals surface area contributed by atoms with Crippen molar-refractivity contribution in [3.8, 4) is 5.75 Å². The summed E-state index contributed by atoms with van der Waals surface area (Å²) in [4.78, 5) is 11.8. The molecule has 1 amide bonds. The molecular formula is C16H17ClN2O4S. The molecule has 0 fully saturated rings. The fourth-order valence-electron chi connectivity index (χ4n) is 1.86. The van der Waals surface area contributed by atoms with E-state index in [-0.39, 0.29) is 11.4 Å². The molecule has 6 nitrogen and oxygen atoms in total. The number of halogens is 1. The lowest BCUT2D eigenvalue weighted by Gasteiger charge is -2.08. The first-order valence-electron chi connectivity index (χ1n) is 7.05. The highest BCUT2D eigenvalue weighted by Crippen LogP contribution is 2.15. The third-order valence-electron chi connectivity index (χ3n) is 3.20. The molecule has 0 saturated carbocycles. The van der Waals surface area contributed by atoms with E-state index in [4.69, 9.17) is 16.3 Å². The first kappa shape index (κ1) is 18.3. The van der Waals surface area contributed by atoms with Crippen molar-refractivity contribution in [2.24, 2.45) is 0 Å². The number of methoxy groups -OCH3 is 1. The fraction of sp³-hybridized carbons (Fsp3) is 0.188.